The second-order valence-corrected chi connectivity index (χ2v) is 12.5. The summed E-state index contributed by atoms with van der Waals surface area (Å²) in [6.45, 7) is 16.8. The highest BCUT2D eigenvalue weighted by Crippen LogP contribution is 2.13. The van der Waals surface area contributed by atoms with Gasteiger partial charge in [-0.05, 0) is 65.2 Å². The van der Waals surface area contributed by atoms with E-state index in [4.69, 9.17) is 10.0 Å². The van der Waals surface area contributed by atoms with Crippen LogP contribution < -0.4 is 33.5 Å². The van der Waals surface area contributed by atoms with Crippen molar-refractivity contribution >= 4 is 33.6 Å². The van der Waals surface area contributed by atoms with E-state index in [2.05, 4.69) is 5.48 Å². The number of para-hydroxylation sites is 2. The third kappa shape index (κ3) is 13.4. The van der Waals surface area contributed by atoms with E-state index < -0.39 is 11.6 Å². The third-order valence-corrected chi connectivity index (χ3v) is 8.96. The smallest absolute Gasteiger partial charge is 0.289 e. The molecule has 0 saturated carbocycles. The first-order valence-electron chi connectivity index (χ1n) is 21.0. The Morgan fingerprint density at radius 2 is 0.857 bits per heavy atom. The zero-order valence-electron chi connectivity index (χ0n) is 37.8. The summed E-state index contributed by atoms with van der Waals surface area (Å²) < 4.78 is 5.25. The van der Waals surface area contributed by atoms with Crippen LogP contribution in [0.1, 0.15) is 92.8 Å². The molecule has 7 aromatic rings. The fourth-order valence-corrected chi connectivity index (χ4v) is 5.96. The number of nitrogens with zero attached hydrogens (tertiary/aromatic N) is 4. The van der Waals surface area contributed by atoms with Gasteiger partial charge in [0.2, 0.25) is 0 Å². The molecule has 0 unspecified atom stereocenters. The average molecular weight is 861 g/mol. The summed E-state index contributed by atoms with van der Waals surface area (Å²) in [7, 11) is 2.92. The number of hydrogen-bond donors (Lipinski definition) is 3. The van der Waals surface area contributed by atoms with Gasteiger partial charge in [0.15, 0.2) is 0 Å². The van der Waals surface area contributed by atoms with Gasteiger partial charge in [-0.2, -0.15) is 0 Å². The average Bonchev–Trinajstić information content (AvgIpc) is 3.36. The summed E-state index contributed by atoms with van der Waals surface area (Å²) in [5, 5.41) is 9.58. The van der Waals surface area contributed by atoms with Gasteiger partial charge in [0.05, 0.1) is 41.5 Å². The van der Waals surface area contributed by atoms with E-state index in [9.17, 15) is 28.8 Å². The Balaban J connectivity index is 0.000000383. The van der Waals surface area contributed by atoms with Gasteiger partial charge >= 0.3 is 11.4 Å². The van der Waals surface area contributed by atoms with Gasteiger partial charge in [-0.15, -0.1) is 0 Å². The Hall–Kier alpha value is -7.16. The number of hydroxylamine groups is 2. The first kappa shape index (κ1) is 52.0. The van der Waals surface area contributed by atoms with Crippen molar-refractivity contribution in [2.45, 2.75) is 75.1 Å². The minimum Gasteiger partial charge on any atom is -0.289 e. The van der Waals surface area contributed by atoms with Crippen LogP contribution in [0.5, 0.6) is 0 Å². The molecule has 2 amide bonds. The highest BCUT2D eigenvalue weighted by Gasteiger charge is 2.13. The second kappa shape index (κ2) is 26.9. The topological polar surface area (TPSA) is 176 Å². The standard InChI is InChI=1S/C24H21N3O4.C17H15N3O4.4C2H6/c1-26-23(29)20-9-5-6-10-21(20)27(24(26)30)15-17-11-13-19(14-12-17)22(28)25-31-16-18-7-3-2-4-8-18;1-19-16(22)13-4-2-3-5-14(13)20(17(19)23)10-11-6-8-12(9-7-11)15(21)18-24;4*1-2/h2-14H,15-16H2,1H3,(H,25,28);2-9,24H,10H2,1H3,(H,18,21);4*1-2H3. The zero-order chi connectivity index (χ0) is 47.1. The predicted molar refractivity (Wildman–Crippen MR) is 251 cm³/mol. The minimum atomic E-state index is -0.605. The summed E-state index contributed by atoms with van der Waals surface area (Å²) in [4.78, 5) is 78.6. The van der Waals surface area contributed by atoms with E-state index in [0.29, 0.717) is 32.9 Å². The van der Waals surface area contributed by atoms with E-state index >= 15 is 0 Å². The maximum absolute atomic E-state index is 12.7. The van der Waals surface area contributed by atoms with E-state index in [1.54, 1.807) is 107 Å². The van der Waals surface area contributed by atoms with Crippen molar-refractivity contribution in [2.75, 3.05) is 0 Å². The third-order valence-electron chi connectivity index (χ3n) is 8.96. The van der Waals surface area contributed by atoms with Gasteiger partial charge in [0.1, 0.15) is 0 Å². The molecular weight excluding hydrogens is 801 g/mol. The number of aromatic nitrogens is 4. The van der Waals surface area contributed by atoms with Crippen molar-refractivity contribution in [3.63, 3.8) is 0 Å². The van der Waals surface area contributed by atoms with Crippen LogP contribution >= 0.6 is 0 Å². The lowest BCUT2D eigenvalue weighted by molar-refractivity contribution is 0.0233. The lowest BCUT2D eigenvalue weighted by Gasteiger charge is -2.12. The molecular formula is C49H60N6O8. The molecule has 5 aromatic carbocycles. The monoisotopic (exact) mass is 860 g/mol. The van der Waals surface area contributed by atoms with Crippen molar-refractivity contribution in [3.05, 3.63) is 197 Å². The maximum atomic E-state index is 12.7. The highest BCUT2D eigenvalue weighted by atomic mass is 16.6. The van der Waals surface area contributed by atoms with E-state index in [0.717, 1.165) is 25.8 Å². The molecule has 14 heteroatoms. The van der Waals surface area contributed by atoms with Gasteiger partial charge in [-0.1, -0.05) is 134 Å². The fraction of sp³-hybridized carbons (Fsp3) is 0.265. The largest absolute Gasteiger partial charge is 0.331 e. The van der Waals surface area contributed by atoms with Crippen molar-refractivity contribution < 1.29 is 19.6 Å². The van der Waals surface area contributed by atoms with Crippen molar-refractivity contribution in [1.82, 2.24) is 29.2 Å². The van der Waals surface area contributed by atoms with Crippen molar-refractivity contribution in [1.29, 1.82) is 0 Å². The molecule has 0 aliphatic heterocycles. The molecule has 0 atom stereocenters. The molecule has 2 heterocycles. The van der Waals surface area contributed by atoms with Gasteiger partial charge in [-0.3, -0.25) is 47.5 Å². The van der Waals surface area contributed by atoms with Crippen molar-refractivity contribution in [3.8, 4) is 0 Å². The molecule has 0 saturated heterocycles. The molecule has 0 radical (unpaired) electrons. The molecule has 3 N–H and O–H groups in total. The number of carbonyl (C=O) groups is 2. The number of hydrogen-bond acceptors (Lipinski definition) is 8. The van der Waals surface area contributed by atoms with Gasteiger partial charge < -0.3 is 0 Å². The lowest BCUT2D eigenvalue weighted by Crippen LogP contribution is -2.38. The second-order valence-electron chi connectivity index (χ2n) is 12.5. The zero-order valence-corrected chi connectivity index (χ0v) is 37.8. The summed E-state index contributed by atoms with van der Waals surface area (Å²) in [5.74, 6) is -0.960. The van der Waals surface area contributed by atoms with E-state index in [-0.39, 0.29) is 42.4 Å². The maximum Gasteiger partial charge on any atom is 0.331 e. The van der Waals surface area contributed by atoms with Crippen LogP contribution in [0.2, 0.25) is 0 Å². The molecule has 334 valence electrons. The number of rotatable bonds is 9. The van der Waals surface area contributed by atoms with Crippen LogP contribution in [-0.2, 0) is 38.6 Å². The van der Waals surface area contributed by atoms with Crippen LogP contribution in [0.3, 0.4) is 0 Å². The summed E-state index contributed by atoms with van der Waals surface area (Å²) in [5.41, 5.74) is 6.99. The van der Waals surface area contributed by atoms with Crippen LogP contribution in [0.4, 0.5) is 0 Å². The Bertz CT molecular complexity index is 2760. The van der Waals surface area contributed by atoms with Crippen LogP contribution in [0.25, 0.3) is 21.8 Å². The number of benzene rings is 5. The van der Waals surface area contributed by atoms with Gasteiger partial charge in [0.25, 0.3) is 22.9 Å². The molecule has 0 spiro atoms. The molecule has 0 aliphatic carbocycles. The minimum absolute atomic E-state index is 0.258. The highest BCUT2D eigenvalue weighted by molar-refractivity contribution is 5.94. The van der Waals surface area contributed by atoms with Gasteiger partial charge in [-0.25, -0.2) is 20.5 Å². The first-order valence-corrected chi connectivity index (χ1v) is 21.0. The number of amides is 2. The molecule has 14 nitrogen and oxygen atoms in total. The SMILES string of the molecule is CC.CC.CC.CC.Cn1c(=O)c2ccccc2n(Cc2ccc(C(=O)NO)cc2)c1=O.Cn1c(=O)c2ccccc2n(Cc2ccc(C(=O)NOCc3ccccc3)cc2)c1=O. The summed E-state index contributed by atoms with van der Waals surface area (Å²) >= 11 is 0. The lowest BCUT2D eigenvalue weighted by atomic mass is 10.1. The van der Waals surface area contributed by atoms with Gasteiger partial charge in [0, 0.05) is 25.2 Å². The quantitative estimate of drug-likeness (QED) is 0.0984. The summed E-state index contributed by atoms with van der Waals surface area (Å²) in [6, 6.07) is 36.9. The number of nitrogens with one attached hydrogen (secondary N) is 2. The molecule has 0 aliphatic rings. The Kier molecular flexibility index (Phi) is 22.2. The molecule has 2 aromatic heterocycles. The predicted octanol–water partition coefficient (Wildman–Crippen LogP) is 7.58. The molecule has 7 rings (SSSR count). The Morgan fingerprint density at radius 3 is 1.25 bits per heavy atom. The van der Waals surface area contributed by atoms with E-state index in [1.807, 2.05) is 85.7 Å². The first-order chi connectivity index (χ1) is 30.6. The van der Waals surface area contributed by atoms with Crippen LogP contribution in [-0.4, -0.2) is 35.3 Å². The van der Waals surface area contributed by atoms with Crippen LogP contribution in [0.15, 0.2) is 147 Å². The van der Waals surface area contributed by atoms with Crippen LogP contribution in [0, 0.1) is 0 Å². The fourth-order valence-electron chi connectivity index (χ4n) is 5.96. The van der Waals surface area contributed by atoms with Crippen molar-refractivity contribution in [2.24, 2.45) is 14.1 Å². The number of fused-ring (bicyclic) bond motifs is 2. The summed E-state index contributed by atoms with van der Waals surface area (Å²) in [6.07, 6.45) is 0. The Labute approximate surface area is 367 Å². The van der Waals surface area contributed by atoms with E-state index in [1.165, 1.54) is 18.7 Å². The number of carbonyl (C=O) groups excluding carboxylic acids is 2. The Morgan fingerprint density at radius 1 is 0.492 bits per heavy atom. The molecule has 0 fully saturated rings. The molecule has 0 bridgehead atoms. The normalized spacial score (nSPS) is 9.83. The molecule has 63 heavy (non-hydrogen) atoms.